The van der Waals surface area contributed by atoms with Crippen molar-refractivity contribution < 1.29 is 18.9 Å². The summed E-state index contributed by atoms with van der Waals surface area (Å²) in [5.41, 5.74) is 3.01. The smallest absolute Gasteiger partial charge is 0.161 e. The van der Waals surface area contributed by atoms with Crippen LogP contribution in [-0.2, 0) is 18.4 Å². The van der Waals surface area contributed by atoms with Gasteiger partial charge in [-0.25, -0.2) is 0 Å². The molecule has 2 aromatic carbocycles. The van der Waals surface area contributed by atoms with Crippen LogP contribution in [0.15, 0.2) is 30.3 Å². The van der Waals surface area contributed by atoms with Crippen LogP contribution in [0.3, 0.4) is 0 Å². The van der Waals surface area contributed by atoms with Crippen molar-refractivity contribution in [2.45, 2.75) is 45.1 Å². The molecular weight excluding hydrogens is 416 g/mol. The third kappa shape index (κ3) is 5.04. The Morgan fingerprint density at radius 1 is 0.909 bits per heavy atom. The van der Waals surface area contributed by atoms with E-state index in [-0.39, 0.29) is 5.92 Å². The van der Waals surface area contributed by atoms with Crippen LogP contribution >= 0.6 is 0 Å². The lowest BCUT2D eigenvalue weighted by Crippen LogP contribution is -2.35. The third-order valence-electron chi connectivity index (χ3n) is 6.93. The molecule has 178 valence electrons. The number of fused-ring (bicyclic) bond motifs is 1. The van der Waals surface area contributed by atoms with E-state index in [4.69, 9.17) is 18.9 Å². The van der Waals surface area contributed by atoms with Gasteiger partial charge in [0.15, 0.2) is 23.0 Å². The molecule has 0 bridgehead atoms. The second kappa shape index (κ2) is 10.8. The summed E-state index contributed by atoms with van der Waals surface area (Å²) in [6.07, 6.45) is 2.70. The van der Waals surface area contributed by atoms with Crippen LogP contribution in [-0.4, -0.2) is 46.4 Å². The van der Waals surface area contributed by atoms with Crippen molar-refractivity contribution in [3.05, 3.63) is 47.0 Å². The number of benzene rings is 2. The first-order valence-electron chi connectivity index (χ1n) is 11.5. The molecule has 1 aliphatic rings. The molecule has 0 fully saturated rings. The molecule has 0 aliphatic carbocycles. The van der Waals surface area contributed by atoms with Crippen LogP contribution in [0.4, 0.5) is 0 Å². The van der Waals surface area contributed by atoms with Crippen molar-refractivity contribution in [3.8, 4) is 29.1 Å². The molecule has 2 aromatic rings. The lowest BCUT2D eigenvalue weighted by Gasteiger charge is -2.34. The van der Waals surface area contributed by atoms with E-state index >= 15 is 0 Å². The zero-order chi connectivity index (χ0) is 24.0. The van der Waals surface area contributed by atoms with Gasteiger partial charge in [-0.3, -0.25) is 4.90 Å². The number of nitriles is 1. The summed E-state index contributed by atoms with van der Waals surface area (Å²) in [5.74, 6) is 3.06. The maximum Gasteiger partial charge on any atom is 0.161 e. The molecule has 0 aromatic heterocycles. The van der Waals surface area contributed by atoms with Gasteiger partial charge in [-0.05, 0) is 72.7 Å². The maximum atomic E-state index is 10.3. The zero-order valence-corrected chi connectivity index (χ0v) is 20.7. The molecule has 0 N–H and O–H groups in total. The van der Waals surface area contributed by atoms with Gasteiger partial charge < -0.3 is 18.9 Å². The third-order valence-corrected chi connectivity index (χ3v) is 6.93. The van der Waals surface area contributed by atoms with E-state index in [0.717, 1.165) is 56.0 Å². The second-order valence-electron chi connectivity index (χ2n) is 8.91. The summed E-state index contributed by atoms with van der Waals surface area (Å²) in [5, 5.41) is 10.3. The van der Waals surface area contributed by atoms with Crippen molar-refractivity contribution in [1.82, 2.24) is 4.90 Å². The van der Waals surface area contributed by atoms with E-state index in [1.54, 1.807) is 28.4 Å². The highest BCUT2D eigenvalue weighted by molar-refractivity contribution is 5.49. The molecule has 3 rings (SSSR count). The quantitative estimate of drug-likeness (QED) is 0.507. The van der Waals surface area contributed by atoms with Crippen LogP contribution in [0, 0.1) is 17.2 Å². The van der Waals surface area contributed by atoms with Crippen molar-refractivity contribution in [1.29, 1.82) is 5.26 Å². The Balaban J connectivity index is 1.73. The maximum absolute atomic E-state index is 10.3. The van der Waals surface area contributed by atoms with Gasteiger partial charge in [0.1, 0.15) is 0 Å². The first kappa shape index (κ1) is 24.7. The molecule has 1 atom stereocenters. The Hall–Kier alpha value is -2.91. The fourth-order valence-electron chi connectivity index (χ4n) is 4.84. The van der Waals surface area contributed by atoms with Gasteiger partial charge in [0, 0.05) is 13.1 Å². The monoisotopic (exact) mass is 452 g/mol. The molecule has 6 heteroatoms. The highest BCUT2D eigenvalue weighted by Gasteiger charge is 2.36. The molecule has 33 heavy (non-hydrogen) atoms. The summed E-state index contributed by atoms with van der Waals surface area (Å²) in [4.78, 5) is 2.46. The minimum absolute atomic E-state index is 0.166. The Morgan fingerprint density at radius 2 is 1.52 bits per heavy atom. The lowest BCUT2D eigenvalue weighted by molar-refractivity contribution is 0.234. The normalized spacial score (nSPS) is 15.3. The van der Waals surface area contributed by atoms with Crippen molar-refractivity contribution >= 4 is 0 Å². The van der Waals surface area contributed by atoms with Gasteiger partial charge in [0.2, 0.25) is 0 Å². The average molecular weight is 453 g/mol. The lowest BCUT2D eigenvalue weighted by atomic mass is 9.69. The van der Waals surface area contributed by atoms with Gasteiger partial charge in [-0.2, -0.15) is 5.26 Å². The SMILES string of the molecule is COc1ccc(C(C#N)(CCCN2CCc3cc(OC)c(OC)cc3C2)C(C)C)cc1OC. The second-order valence-corrected chi connectivity index (χ2v) is 8.91. The standard InChI is InChI=1S/C27H36N2O4/c1-19(2)27(18-28,22-8-9-23(30-3)26(16-22)33-6)11-7-12-29-13-10-20-14-24(31-4)25(32-5)15-21(20)17-29/h8-9,14-16,19H,7,10-13,17H2,1-6H3. The number of nitrogens with zero attached hydrogens (tertiary/aromatic N) is 2. The minimum atomic E-state index is -0.580. The molecule has 0 saturated carbocycles. The Bertz CT molecular complexity index is 998. The van der Waals surface area contributed by atoms with E-state index in [9.17, 15) is 5.26 Å². The number of ether oxygens (including phenoxy) is 4. The summed E-state index contributed by atoms with van der Waals surface area (Å²) >= 11 is 0. The van der Waals surface area contributed by atoms with Gasteiger partial charge >= 0.3 is 0 Å². The van der Waals surface area contributed by atoms with E-state index in [0.29, 0.717) is 11.5 Å². The minimum Gasteiger partial charge on any atom is -0.493 e. The van der Waals surface area contributed by atoms with Crippen molar-refractivity contribution in [2.75, 3.05) is 41.5 Å². The zero-order valence-electron chi connectivity index (χ0n) is 20.7. The van der Waals surface area contributed by atoms with Crippen molar-refractivity contribution in [2.24, 2.45) is 5.92 Å². The summed E-state index contributed by atoms with van der Waals surface area (Å²) in [7, 11) is 6.60. The van der Waals surface area contributed by atoms with Gasteiger partial charge in [0.25, 0.3) is 0 Å². The van der Waals surface area contributed by atoms with Gasteiger partial charge in [-0.15, -0.1) is 0 Å². The fourth-order valence-corrected chi connectivity index (χ4v) is 4.84. The van der Waals surface area contributed by atoms with Crippen molar-refractivity contribution in [3.63, 3.8) is 0 Å². The molecule has 1 unspecified atom stereocenters. The van der Waals surface area contributed by atoms with Crippen LogP contribution in [0.25, 0.3) is 0 Å². The topological polar surface area (TPSA) is 64.0 Å². The molecule has 0 amide bonds. The summed E-state index contributed by atoms with van der Waals surface area (Å²) in [6, 6.07) is 12.7. The van der Waals surface area contributed by atoms with E-state index in [2.05, 4.69) is 36.9 Å². The highest BCUT2D eigenvalue weighted by atomic mass is 16.5. The Labute approximate surface area is 198 Å². The Morgan fingerprint density at radius 3 is 2.09 bits per heavy atom. The molecular formula is C27H36N2O4. The van der Waals surface area contributed by atoms with Crippen LogP contribution in [0.1, 0.15) is 43.4 Å². The van der Waals surface area contributed by atoms with E-state index in [1.165, 1.54) is 11.1 Å². The van der Waals surface area contributed by atoms with E-state index in [1.807, 2.05) is 18.2 Å². The molecule has 1 aliphatic heterocycles. The first-order chi connectivity index (χ1) is 15.9. The first-order valence-corrected chi connectivity index (χ1v) is 11.5. The predicted octanol–water partition coefficient (Wildman–Crippen LogP) is 4.98. The predicted molar refractivity (Wildman–Crippen MR) is 129 cm³/mol. The molecule has 0 radical (unpaired) electrons. The molecule has 0 spiro atoms. The number of hydrogen-bond donors (Lipinski definition) is 0. The largest absolute Gasteiger partial charge is 0.493 e. The van der Waals surface area contributed by atoms with Gasteiger partial charge in [0.05, 0.1) is 39.9 Å². The van der Waals surface area contributed by atoms with Crippen LogP contribution < -0.4 is 18.9 Å². The van der Waals surface area contributed by atoms with Crippen LogP contribution in [0.2, 0.25) is 0 Å². The Kier molecular flexibility index (Phi) is 8.10. The van der Waals surface area contributed by atoms with Crippen LogP contribution in [0.5, 0.6) is 23.0 Å². The average Bonchev–Trinajstić information content (AvgIpc) is 2.85. The molecule has 0 saturated heterocycles. The molecule has 1 heterocycles. The summed E-state index contributed by atoms with van der Waals surface area (Å²) in [6.45, 7) is 7.07. The van der Waals surface area contributed by atoms with Gasteiger partial charge in [-0.1, -0.05) is 19.9 Å². The van der Waals surface area contributed by atoms with E-state index < -0.39 is 5.41 Å². The number of methoxy groups -OCH3 is 4. The number of rotatable bonds is 10. The number of hydrogen-bond acceptors (Lipinski definition) is 6. The fraction of sp³-hybridized carbons (Fsp3) is 0.519. The highest BCUT2D eigenvalue weighted by Crippen LogP contribution is 2.41. The summed E-state index contributed by atoms with van der Waals surface area (Å²) < 4.78 is 21.8. The molecule has 6 nitrogen and oxygen atoms in total.